The molecule has 34 heavy (non-hydrogen) atoms. The molecule has 4 rings (SSSR count). The third kappa shape index (κ3) is 5.39. The number of nitrogens with one attached hydrogen (secondary N) is 1. The minimum Gasteiger partial charge on any atom is -0.362 e. The summed E-state index contributed by atoms with van der Waals surface area (Å²) in [5.74, 6) is 2.13. The van der Waals surface area contributed by atoms with Crippen molar-refractivity contribution in [3.8, 4) is 0 Å². The van der Waals surface area contributed by atoms with Crippen LogP contribution in [0.25, 0.3) is 0 Å². The van der Waals surface area contributed by atoms with E-state index in [0.29, 0.717) is 29.2 Å². The number of primary amides is 1. The zero-order valence-corrected chi connectivity index (χ0v) is 20.9. The van der Waals surface area contributed by atoms with E-state index >= 15 is 0 Å². The van der Waals surface area contributed by atoms with Crippen molar-refractivity contribution in [3.63, 3.8) is 0 Å². The van der Waals surface area contributed by atoms with Crippen molar-refractivity contribution in [1.82, 2.24) is 9.97 Å². The summed E-state index contributed by atoms with van der Waals surface area (Å²) in [5, 5.41) is 4.15. The maximum Gasteiger partial charge on any atom is 0.319 e. The largest absolute Gasteiger partial charge is 0.362 e. The molecule has 2 aliphatic rings. The van der Waals surface area contributed by atoms with Crippen LogP contribution in [0.1, 0.15) is 55.3 Å². The lowest BCUT2D eigenvalue weighted by atomic mass is 9.85. The normalized spacial score (nSPS) is 19.9. The van der Waals surface area contributed by atoms with E-state index in [1.807, 2.05) is 26.2 Å². The van der Waals surface area contributed by atoms with E-state index in [1.165, 1.54) is 24.1 Å². The molecule has 0 spiro atoms. The summed E-state index contributed by atoms with van der Waals surface area (Å²) in [6.07, 6.45) is 8.45. The van der Waals surface area contributed by atoms with Gasteiger partial charge in [0.1, 0.15) is 5.82 Å². The number of nitrogens with zero attached hydrogens (tertiary/aromatic N) is 4. The Morgan fingerprint density at radius 1 is 1.15 bits per heavy atom. The van der Waals surface area contributed by atoms with Crippen molar-refractivity contribution in [2.75, 3.05) is 35.8 Å². The molecule has 1 heterocycles. The molecule has 1 saturated carbocycles. The fraction of sp³-hybridized carbons (Fsp3) is 0.560. The molecular weight excluding hydrogens is 450 g/mol. The van der Waals surface area contributed by atoms with Crippen molar-refractivity contribution in [2.24, 2.45) is 17.4 Å². The second-order valence-corrected chi connectivity index (χ2v) is 10.1. The van der Waals surface area contributed by atoms with Gasteiger partial charge in [-0.2, -0.15) is 4.98 Å². The molecule has 8 nitrogen and oxygen atoms in total. The second kappa shape index (κ2) is 10.8. The van der Waals surface area contributed by atoms with Gasteiger partial charge in [-0.05, 0) is 69.4 Å². The molecule has 0 aliphatic heterocycles. The number of fused-ring (bicyclic) bond motifs is 1. The van der Waals surface area contributed by atoms with Crippen LogP contribution >= 0.6 is 11.6 Å². The van der Waals surface area contributed by atoms with Crippen LogP contribution in [0.2, 0.25) is 5.02 Å². The number of hydrogen-bond acceptors (Lipinski definition) is 6. The first-order valence-corrected chi connectivity index (χ1v) is 12.6. The van der Waals surface area contributed by atoms with Crippen molar-refractivity contribution >= 4 is 35.1 Å². The number of hydrogen-bond donors (Lipinski definition) is 3. The Hall–Kier alpha value is -2.58. The monoisotopic (exact) mass is 485 g/mol. The number of aryl methyl sites for hydroxylation is 1. The Kier molecular flexibility index (Phi) is 7.78. The van der Waals surface area contributed by atoms with E-state index in [-0.39, 0.29) is 6.54 Å². The molecule has 5 N–H and O–H groups in total. The SMILES string of the molecule is CN(C)c1nc(N[C@H]2CC[C@@H](CN(C(N)=O)c3cccc(Cl)c3CN)CC2)nc2c1CCCC2. The molecule has 1 aromatic heterocycles. The van der Waals surface area contributed by atoms with E-state index < -0.39 is 6.03 Å². The number of nitrogens with two attached hydrogens (primary N) is 2. The molecule has 9 heteroatoms. The van der Waals surface area contributed by atoms with Gasteiger partial charge in [-0.1, -0.05) is 17.7 Å². The molecule has 0 radical (unpaired) electrons. The lowest BCUT2D eigenvalue weighted by Crippen LogP contribution is -2.41. The molecular formula is C25H36ClN7O. The van der Waals surface area contributed by atoms with E-state index in [2.05, 4.69) is 10.2 Å². The summed E-state index contributed by atoms with van der Waals surface area (Å²) in [5.41, 5.74) is 15.6. The van der Waals surface area contributed by atoms with Gasteiger partial charge in [0.25, 0.3) is 0 Å². The molecule has 184 valence electrons. The van der Waals surface area contributed by atoms with Gasteiger partial charge in [0.15, 0.2) is 0 Å². The van der Waals surface area contributed by atoms with Gasteiger partial charge in [-0.3, -0.25) is 4.90 Å². The summed E-state index contributed by atoms with van der Waals surface area (Å²) in [7, 11) is 4.10. The predicted octanol–water partition coefficient (Wildman–Crippen LogP) is 4.09. The van der Waals surface area contributed by atoms with Crippen LogP contribution in [0.3, 0.4) is 0 Å². The fourth-order valence-electron chi connectivity index (χ4n) is 5.25. The maximum atomic E-state index is 12.3. The Bertz CT molecular complexity index is 1020. The lowest BCUT2D eigenvalue weighted by molar-refractivity contribution is 0.250. The number of carbonyl (C=O) groups excluding carboxylic acids is 1. The molecule has 0 unspecified atom stereocenters. The average molecular weight is 486 g/mol. The predicted molar refractivity (Wildman–Crippen MR) is 139 cm³/mol. The van der Waals surface area contributed by atoms with E-state index in [9.17, 15) is 4.79 Å². The van der Waals surface area contributed by atoms with Gasteiger partial charge in [0.2, 0.25) is 5.95 Å². The third-order valence-electron chi connectivity index (χ3n) is 7.06. The summed E-state index contributed by atoms with van der Waals surface area (Å²) < 4.78 is 0. The summed E-state index contributed by atoms with van der Waals surface area (Å²) in [6, 6.07) is 5.32. The minimum atomic E-state index is -0.476. The number of aromatic nitrogens is 2. The van der Waals surface area contributed by atoms with Crippen LogP contribution in [0.15, 0.2) is 18.2 Å². The molecule has 2 amide bonds. The number of rotatable bonds is 7. The van der Waals surface area contributed by atoms with Crippen LogP contribution < -0.4 is 26.6 Å². The highest BCUT2D eigenvalue weighted by molar-refractivity contribution is 6.31. The smallest absolute Gasteiger partial charge is 0.319 e. The van der Waals surface area contributed by atoms with Gasteiger partial charge in [0.05, 0.1) is 11.4 Å². The minimum absolute atomic E-state index is 0.255. The van der Waals surface area contributed by atoms with Crippen molar-refractivity contribution in [2.45, 2.75) is 64.0 Å². The fourth-order valence-corrected chi connectivity index (χ4v) is 5.49. The summed E-state index contributed by atoms with van der Waals surface area (Å²) >= 11 is 6.31. The molecule has 0 saturated heterocycles. The number of halogens is 1. The van der Waals surface area contributed by atoms with Gasteiger partial charge in [-0.15, -0.1) is 0 Å². The van der Waals surface area contributed by atoms with E-state index in [0.717, 1.165) is 55.9 Å². The first-order chi connectivity index (χ1) is 16.4. The van der Waals surface area contributed by atoms with Gasteiger partial charge >= 0.3 is 6.03 Å². The average Bonchev–Trinajstić information content (AvgIpc) is 2.82. The quantitative estimate of drug-likeness (QED) is 0.544. The summed E-state index contributed by atoms with van der Waals surface area (Å²) in [6.45, 7) is 0.820. The van der Waals surface area contributed by atoms with Crippen molar-refractivity contribution in [3.05, 3.63) is 40.0 Å². The highest BCUT2D eigenvalue weighted by Crippen LogP contribution is 2.33. The number of urea groups is 1. The van der Waals surface area contributed by atoms with Crippen molar-refractivity contribution < 1.29 is 4.79 Å². The molecule has 1 fully saturated rings. The summed E-state index contributed by atoms with van der Waals surface area (Å²) in [4.78, 5) is 25.7. The topological polar surface area (TPSA) is 113 Å². The number of carbonyl (C=O) groups is 1. The second-order valence-electron chi connectivity index (χ2n) is 9.65. The Labute approximate surface area is 207 Å². The standard InChI is InChI=1S/C25H36ClN7O/c1-32(2)23-18-6-3-4-8-21(18)30-25(31-23)29-17-12-10-16(11-13-17)15-33(24(28)34)22-9-5-7-20(26)19(22)14-27/h5,7,9,16-17H,3-4,6,8,10-15,27H2,1-2H3,(H2,28,34)(H,29,30,31)/t16-,17+. The van der Waals surface area contributed by atoms with Crippen LogP contribution in [0, 0.1) is 5.92 Å². The number of benzene rings is 1. The van der Waals surface area contributed by atoms with Crippen LogP contribution in [0.4, 0.5) is 22.2 Å². The van der Waals surface area contributed by atoms with Crippen LogP contribution in [-0.2, 0) is 19.4 Å². The maximum absolute atomic E-state index is 12.3. The van der Waals surface area contributed by atoms with Crippen molar-refractivity contribution in [1.29, 1.82) is 0 Å². The molecule has 0 atom stereocenters. The van der Waals surface area contributed by atoms with Gasteiger partial charge in [0, 0.05) is 49.4 Å². The Balaban J connectivity index is 1.40. The van der Waals surface area contributed by atoms with E-state index in [4.69, 9.17) is 33.0 Å². The van der Waals surface area contributed by atoms with E-state index in [1.54, 1.807) is 11.0 Å². The number of amides is 2. The first kappa shape index (κ1) is 24.5. The molecule has 2 aromatic rings. The molecule has 0 bridgehead atoms. The third-order valence-corrected chi connectivity index (χ3v) is 7.41. The first-order valence-electron chi connectivity index (χ1n) is 12.3. The Morgan fingerprint density at radius 3 is 2.56 bits per heavy atom. The zero-order valence-electron chi connectivity index (χ0n) is 20.2. The van der Waals surface area contributed by atoms with Gasteiger partial charge < -0.3 is 21.7 Å². The molecule has 1 aromatic carbocycles. The van der Waals surface area contributed by atoms with Crippen LogP contribution in [-0.4, -0.2) is 42.7 Å². The van der Waals surface area contributed by atoms with Crippen LogP contribution in [0.5, 0.6) is 0 Å². The highest BCUT2D eigenvalue weighted by Gasteiger charge is 2.27. The Morgan fingerprint density at radius 2 is 1.88 bits per heavy atom. The lowest BCUT2D eigenvalue weighted by Gasteiger charge is -2.33. The highest BCUT2D eigenvalue weighted by atomic mass is 35.5. The van der Waals surface area contributed by atoms with Gasteiger partial charge in [-0.25, -0.2) is 9.78 Å². The zero-order chi connectivity index (χ0) is 24.2. The molecule has 2 aliphatic carbocycles. The number of anilines is 3.